The molecule has 0 aliphatic carbocycles. The monoisotopic (exact) mass is 229 g/mol. The summed E-state index contributed by atoms with van der Waals surface area (Å²) in [5, 5.41) is 3.44. The van der Waals surface area contributed by atoms with Crippen LogP contribution in [-0.2, 0) is 0 Å². The van der Waals surface area contributed by atoms with Crippen LogP contribution < -0.4 is 10.1 Å². The Kier molecular flexibility index (Phi) is 2.85. The molecule has 0 saturated carbocycles. The van der Waals surface area contributed by atoms with Crippen molar-refractivity contribution in [3.8, 4) is 5.75 Å². The van der Waals surface area contributed by atoms with E-state index in [2.05, 4.69) is 5.32 Å². The van der Waals surface area contributed by atoms with Crippen LogP contribution in [-0.4, -0.2) is 12.6 Å². The molecular weight excluding hydrogens is 217 g/mol. The Hall–Kier alpha value is -0.800. The van der Waals surface area contributed by atoms with Crippen LogP contribution in [0.2, 0.25) is 5.02 Å². The van der Waals surface area contributed by atoms with Crippen molar-refractivity contribution in [2.24, 2.45) is 0 Å². The summed E-state index contributed by atoms with van der Waals surface area (Å²) < 4.78 is 18.7. The predicted octanol–water partition coefficient (Wildman–Crippen LogP) is 2.91. The van der Waals surface area contributed by atoms with Gasteiger partial charge >= 0.3 is 0 Å². The summed E-state index contributed by atoms with van der Waals surface area (Å²) in [6, 6.07) is 3.09. The Bertz CT molecular complexity index is 383. The van der Waals surface area contributed by atoms with Crippen LogP contribution in [0.1, 0.15) is 25.5 Å². The molecule has 82 valence electrons. The first-order valence-electron chi connectivity index (χ1n) is 5.02. The molecule has 2 rings (SSSR count). The molecule has 1 aliphatic heterocycles. The minimum absolute atomic E-state index is 0.0119. The molecule has 1 aromatic carbocycles. The molecule has 0 saturated heterocycles. The average Bonchev–Trinajstić information content (AvgIpc) is 2.46. The van der Waals surface area contributed by atoms with Crippen molar-refractivity contribution in [2.45, 2.75) is 26.0 Å². The van der Waals surface area contributed by atoms with E-state index in [-0.39, 0.29) is 17.2 Å². The Balaban J connectivity index is 2.40. The standard InChI is InChI=1S/C11H13ClFNO/c1-3-14-11-6(2)15-10-5-9(13)8(12)4-7(10)11/h4-6,11,14H,3H2,1-2H3. The van der Waals surface area contributed by atoms with Crippen LogP contribution in [0.15, 0.2) is 12.1 Å². The fourth-order valence-corrected chi connectivity index (χ4v) is 2.08. The van der Waals surface area contributed by atoms with E-state index in [4.69, 9.17) is 16.3 Å². The second-order valence-electron chi connectivity index (χ2n) is 3.66. The van der Waals surface area contributed by atoms with Gasteiger partial charge in [-0.25, -0.2) is 4.39 Å². The lowest BCUT2D eigenvalue weighted by Crippen LogP contribution is -2.28. The lowest BCUT2D eigenvalue weighted by Gasteiger charge is -2.15. The summed E-state index contributed by atoms with van der Waals surface area (Å²) in [4.78, 5) is 0. The van der Waals surface area contributed by atoms with Crippen molar-refractivity contribution in [3.63, 3.8) is 0 Å². The van der Waals surface area contributed by atoms with E-state index in [9.17, 15) is 4.39 Å². The third-order valence-electron chi connectivity index (χ3n) is 2.59. The average molecular weight is 230 g/mol. The first kappa shape index (κ1) is 10.7. The van der Waals surface area contributed by atoms with Crippen LogP contribution in [0.4, 0.5) is 4.39 Å². The van der Waals surface area contributed by atoms with Gasteiger partial charge < -0.3 is 10.1 Å². The van der Waals surface area contributed by atoms with Crippen molar-refractivity contribution >= 4 is 11.6 Å². The zero-order chi connectivity index (χ0) is 11.0. The maximum Gasteiger partial charge on any atom is 0.145 e. The van der Waals surface area contributed by atoms with Gasteiger partial charge in [0.1, 0.15) is 17.7 Å². The molecule has 15 heavy (non-hydrogen) atoms. The van der Waals surface area contributed by atoms with Gasteiger partial charge in [0.25, 0.3) is 0 Å². The summed E-state index contributed by atoms with van der Waals surface area (Å²) >= 11 is 5.75. The normalized spacial score (nSPS) is 23.7. The molecule has 0 spiro atoms. The number of halogens is 2. The second-order valence-corrected chi connectivity index (χ2v) is 4.07. The Morgan fingerprint density at radius 2 is 2.27 bits per heavy atom. The first-order valence-corrected chi connectivity index (χ1v) is 5.40. The van der Waals surface area contributed by atoms with E-state index in [1.54, 1.807) is 6.07 Å². The fraction of sp³-hybridized carbons (Fsp3) is 0.455. The van der Waals surface area contributed by atoms with Crippen LogP contribution in [0.5, 0.6) is 5.75 Å². The van der Waals surface area contributed by atoms with E-state index >= 15 is 0 Å². The molecule has 1 aromatic rings. The molecule has 4 heteroatoms. The molecule has 0 radical (unpaired) electrons. The smallest absolute Gasteiger partial charge is 0.145 e. The van der Waals surface area contributed by atoms with Crippen molar-refractivity contribution in [1.82, 2.24) is 5.32 Å². The number of fused-ring (bicyclic) bond motifs is 1. The lowest BCUT2D eigenvalue weighted by molar-refractivity contribution is 0.210. The SMILES string of the molecule is CCNC1c2cc(Cl)c(F)cc2OC1C. The van der Waals surface area contributed by atoms with Gasteiger partial charge in [0.05, 0.1) is 11.1 Å². The quantitative estimate of drug-likeness (QED) is 0.842. The minimum Gasteiger partial charge on any atom is -0.488 e. The fourth-order valence-electron chi connectivity index (χ4n) is 1.91. The number of likely N-dealkylation sites (N-methyl/N-ethyl adjacent to an activating group) is 1. The molecule has 1 aliphatic rings. The number of rotatable bonds is 2. The summed E-state index contributed by atoms with van der Waals surface area (Å²) in [5.41, 5.74) is 0.941. The highest BCUT2D eigenvalue weighted by Gasteiger charge is 2.31. The van der Waals surface area contributed by atoms with Gasteiger partial charge in [-0.05, 0) is 19.5 Å². The van der Waals surface area contributed by atoms with Crippen molar-refractivity contribution in [3.05, 3.63) is 28.5 Å². The number of benzene rings is 1. The van der Waals surface area contributed by atoms with Crippen molar-refractivity contribution < 1.29 is 9.13 Å². The molecule has 0 aromatic heterocycles. The molecule has 2 nitrogen and oxygen atoms in total. The summed E-state index contributed by atoms with van der Waals surface area (Å²) in [7, 11) is 0. The number of nitrogens with one attached hydrogen (secondary N) is 1. The first-order chi connectivity index (χ1) is 7.13. The van der Waals surface area contributed by atoms with Crippen molar-refractivity contribution in [2.75, 3.05) is 6.54 Å². The van der Waals surface area contributed by atoms with E-state index in [0.29, 0.717) is 5.75 Å². The molecule has 1 heterocycles. The van der Waals surface area contributed by atoms with Crippen LogP contribution in [0.25, 0.3) is 0 Å². The third kappa shape index (κ3) is 1.82. The van der Waals surface area contributed by atoms with E-state index in [1.165, 1.54) is 6.07 Å². The van der Waals surface area contributed by atoms with Gasteiger partial charge in [-0.15, -0.1) is 0 Å². The molecule has 0 amide bonds. The molecule has 2 unspecified atom stereocenters. The molecule has 0 bridgehead atoms. The van der Waals surface area contributed by atoms with Gasteiger partial charge in [0.15, 0.2) is 0 Å². The zero-order valence-electron chi connectivity index (χ0n) is 8.68. The van der Waals surface area contributed by atoms with Gasteiger partial charge in [0, 0.05) is 11.6 Å². The van der Waals surface area contributed by atoms with Gasteiger partial charge in [0.2, 0.25) is 0 Å². The number of hydrogen-bond acceptors (Lipinski definition) is 2. The van der Waals surface area contributed by atoms with E-state index in [1.807, 2.05) is 13.8 Å². The Labute approximate surface area is 93.4 Å². The van der Waals surface area contributed by atoms with Crippen LogP contribution in [0.3, 0.4) is 0 Å². The van der Waals surface area contributed by atoms with Crippen LogP contribution >= 0.6 is 11.6 Å². The summed E-state index contributed by atoms with van der Waals surface area (Å²) in [6.45, 7) is 4.82. The highest BCUT2D eigenvalue weighted by atomic mass is 35.5. The lowest BCUT2D eigenvalue weighted by atomic mass is 10.0. The largest absolute Gasteiger partial charge is 0.488 e. The molecule has 0 fully saturated rings. The van der Waals surface area contributed by atoms with Crippen LogP contribution in [0, 0.1) is 5.82 Å². The van der Waals surface area contributed by atoms with E-state index < -0.39 is 5.82 Å². The molecular formula is C11H13ClFNO. The second kappa shape index (κ2) is 3.99. The number of ether oxygens (including phenoxy) is 1. The van der Waals surface area contributed by atoms with E-state index in [0.717, 1.165) is 12.1 Å². The minimum atomic E-state index is -0.431. The highest BCUT2D eigenvalue weighted by Crippen LogP contribution is 2.39. The number of hydrogen-bond donors (Lipinski definition) is 1. The van der Waals surface area contributed by atoms with Gasteiger partial charge in [-0.3, -0.25) is 0 Å². The Morgan fingerprint density at radius 1 is 1.53 bits per heavy atom. The zero-order valence-corrected chi connectivity index (χ0v) is 9.44. The molecule has 1 N–H and O–H groups in total. The molecule has 2 atom stereocenters. The highest BCUT2D eigenvalue weighted by molar-refractivity contribution is 6.30. The van der Waals surface area contributed by atoms with Crippen molar-refractivity contribution in [1.29, 1.82) is 0 Å². The Morgan fingerprint density at radius 3 is 2.93 bits per heavy atom. The summed E-state index contributed by atoms with van der Waals surface area (Å²) in [6.07, 6.45) is 0.0119. The van der Waals surface area contributed by atoms with Gasteiger partial charge in [-0.2, -0.15) is 0 Å². The predicted molar refractivity (Wildman–Crippen MR) is 57.9 cm³/mol. The maximum absolute atomic E-state index is 13.2. The maximum atomic E-state index is 13.2. The topological polar surface area (TPSA) is 21.3 Å². The third-order valence-corrected chi connectivity index (χ3v) is 2.88. The van der Waals surface area contributed by atoms with Gasteiger partial charge in [-0.1, -0.05) is 18.5 Å². The summed E-state index contributed by atoms with van der Waals surface area (Å²) in [5.74, 6) is 0.162.